The Morgan fingerprint density at radius 3 is 2.59 bits per heavy atom. The van der Waals surface area contributed by atoms with Gasteiger partial charge in [-0.25, -0.2) is 22.4 Å². The van der Waals surface area contributed by atoms with Gasteiger partial charge in [0, 0.05) is 38.9 Å². The molecule has 0 aromatic carbocycles. The minimum Gasteiger partial charge on any atom is -0.371 e. The third kappa shape index (κ3) is 6.85. The lowest BCUT2D eigenvalue weighted by Crippen LogP contribution is -2.58. The number of hydrogen-bond donors (Lipinski definition) is 2. The smallest absolute Gasteiger partial charge is 0.322 e. The molecule has 1 N–H and O–H groups in total. The van der Waals surface area contributed by atoms with Crippen molar-refractivity contribution in [1.82, 2.24) is 34.1 Å². The van der Waals surface area contributed by atoms with Crippen molar-refractivity contribution in [3.8, 4) is 11.4 Å². The van der Waals surface area contributed by atoms with Gasteiger partial charge in [0.05, 0.1) is 65.7 Å². The van der Waals surface area contributed by atoms with Gasteiger partial charge >= 0.3 is 6.03 Å². The maximum atomic E-state index is 15.0. The number of urea groups is 1. The van der Waals surface area contributed by atoms with Crippen molar-refractivity contribution in [2.75, 3.05) is 49.5 Å². The summed E-state index contributed by atoms with van der Waals surface area (Å²) in [5, 5.41) is 13.5. The zero-order valence-corrected chi connectivity index (χ0v) is 30.3. The number of carbonyl (C=O) groups is 1. The van der Waals surface area contributed by atoms with Gasteiger partial charge in [-0.05, 0) is 66.6 Å². The van der Waals surface area contributed by atoms with Crippen LogP contribution >= 0.6 is 49.1 Å². The number of piperazine rings is 1. The first-order valence-electron chi connectivity index (χ1n) is 15.5. The van der Waals surface area contributed by atoms with E-state index in [4.69, 9.17) is 19.9 Å². The summed E-state index contributed by atoms with van der Waals surface area (Å²) in [5.41, 5.74) is 0.727. The zero-order valence-electron chi connectivity index (χ0n) is 25.1. The Morgan fingerprint density at radius 1 is 1.17 bits per heavy atom. The van der Waals surface area contributed by atoms with E-state index in [-0.39, 0.29) is 25.2 Å². The number of alkyl halides is 3. The van der Waals surface area contributed by atoms with Crippen molar-refractivity contribution in [2.45, 2.75) is 74.9 Å². The molecule has 5 aliphatic rings. The largest absolute Gasteiger partial charge is 0.371 e. The highest BCUT2D eigenvalue weighted by Gasteiger charge is 2.53. The maximum Gasteiger partial charge on any atom is 0.322 e. The summed E-state index contributed by atoms with van der Waals surface area (Å²) in [7, 11) is 2.11. The molecule has 2 unspecified atom stereocenters. The van der Waals surface area contributed by atoms with Crippen LogP contribution in [0.25, 0.3) is 22.3 Å². The third-order valence-corrected chi connectivity index (χ3v) is 11.3. The minimum atomic E-state index is -2.39. The predicted molar refractivity (Wildman–Crippen MR) is 188 cm³/mol. The van der Waals surface area contributed by atoms with Crippen LogP contribution in [0, 0.1) is 0 Å². The van der Waals surface area contributed by atoms with Crippen LogP contribution in [0.3, 0.4) is 0 Å². The van der Waals surface area contributed by atoms with Crippen LogP contribution in [0.4, 0.5) is 29.5 Å². The normalized spacial score (nSPS) is 22.1. The van der Waals surface area contributed by atoms with Crippen LogP contribution in [-0.4, -0.2) is 109 Å². The van der Waals surface area contributed by atoms with Crippen LogP contribution in [0.1, 0.15) is 38.5 Å². The Morgan fingerprint density at radius 2 is 1.93 bits per heavy atom. The zero-order chi connectivity index (χ0) is 32.2. The second-order valence-corrected chi connectivity index (χ2v) is 15.0. The molecule has 3 aliphatic carbocycles. The summed E-state index contributed by atoms with van der Waals surface area (Å²) < 4.78 is 50.6. The standard InChI is InChI=1S/C28H34F3IN9O2P.H3PS/c29-23(30)14-37-7-8-39(28(16-37)5-6-28)26(42)34-21-13-41(44-32)35-24(21)20-9-22-19(10-33-20)25(36-40(22)15-27(31)3-4-27)38-11-18(12-38)43-17-1-2-17;1-2/h9-10,13,17-18,23,44H,1-8,11-12,14-16H2,(H,34,42);2H,1H2. The molecule has 8 rings (SSSR count). The second kappa shape index (κ2) is 13.1. The topological polar surface area (TPSA) is 96.6 Å². The number of pyridine rings is 1. The van der Waals surface area contributed by atoms with Gasteiger partial charge in [0.15, 0.2) is 5.82 Å². The predicted octanol–water partition coefficient (Wildman–Crippen LogP) is 5.61. The van der Waals surface area contributed by atoms with Gasteiger partial charge in [-0.1, -0.05) is 8.44 Å². The molecule has 2 amide bonds. The number of ether oxygens (including phenoxy) is 1. The number of anilines is 2. The molecule has 1 spiro atoms. The highest BCUT2D eigenvalue weighted by atomic mass is 127. The number of fused-ring (bicyclic) bond motifs is 1. The number of aromatic nitrogens is 5. The molecule has 250 valence electrons. The third-order valence-electron chi connectivity index (χ3n) is 9.38. The summed E-state index contributed by atoms with van der Waals surface area (Å²) in [6, 6.07) is 1.62. The number of halogens is 4. The van der Waals surface area contributed by atoms with Gasteiger partial charge in [-0.3, -0.25) is 14.6 Å². The van der Waals surface area contributed by atoms with Gasteiger partial charge in [-0.2, -0.15) is 22.4 Å². The Kier molecular flexibility index (Phi) is 9.42. The summed E-state index contributed by atoms with van der Waals surface area (Å²) in [4.78, 5) is 24.1. The Bertz CT molecular complexity index is 1600. The van der Waals surface area contributed by atoms with E-state index in [1.165, 1.54) is 0 Å². The molecule has 2 atom stereocenters. The molecule has 5 heterocycles. The summed E-state index contributed by atoms with van der Waals surface area (Å²) >= 11 is 5.67. The molecule has 5 fully saturated rings. The number of rotatable bonds is 10. The second-order valence-electron chi connectivity index (χ2n) is 12.9. The van der Waals surface area contributed by atoms with Crippen molar-refractivity contribution < 1.29 is 22.7 Å². The maximum absolute atomic E-state index is 15.0. The molecular weight excluding hydrogens is 772 g/mol. The molecule has 3 aromatic heterocycles. The molecular formula is C28H37F3IN9O2P2S. The summed E-state index contributed by atoms with van der Waals surface area (Å²) in [6.07, 6.45) is 6.97. The number of thiol groups is 1. The van der Waals surface area contributed by atoms with E-state index in [2.05, 4.69) is 52.9 Å². The van der Waals surface area contributed by atoms with Gasteiger partial charge in [0.25, 0.3) is 6.43 Å². The summed E-state index contributed by atoms with van der Waals surface area (Å²) in [5.74, 6) is 0.785. The van der Waals surface area contributed by atoms with E-state index in [0.717, 1.165) is 55.5 Å². The molecule has 18 heteroatoms. The van der Waals surface area contributed by atoms with E-state index < -0.39 is 17.6 Å². The molecule has 0 bridgehead atoms. The number of amides is 2. The highest BCUT2D eigenvalue weighted by Crippen LogP contribution is 2.46. The molecule has 0 radical (unpaired) electrons. The number of nitrogens with one attached hydrogen (secondary N) is 1. The highest BCUT2D eigenvalue weighted by molar-refractivity contribution is 14.2. The number of hydrogen-bond acceptors (Lipinski definition) is 8. The first-order chi connectivity index (χ1) is 22.2. The van der Waals surface area contributed by atoms with Crippen molar-refractivity contribution in [2.24, 2.45) is 0 Å². The van der Waals surface area contributed by atoms with E-state index in [1.54, 1.807) is 31.3 Å². The Labute approximate surface area is 287 Å². The van der Waals surface area contributed by atoms with Gasteiger partial charge in [0.2, 0.25) is 0 Å². The Balaban J connectivity index is 0.00000166. The van der Waals surface area contributed by atoms with Crippen molar-refractivity contribution in [1.29, 1.82) is 0 Å². The molecule has 3 aromatic rings. The van der Waals surface area contributed by atoms with E-state index in [1.807, 2.05) is 6.07 Å². The average molecular weight is 810 g/mol. The monoisotopic (exact) mass is 809 g/mol. The molecule has 3 saturated carbocycles. The quantitative estimate of drug-likeness (QED) is 0.156. The van der Waals surface area contributed by atoms with E-state index in [0.29, 0.717) is 62.0 Å². The van der Waals surface area contributed by atoms with Crippen LogP contribution in [-0.2, 0) is 11.3 Å². The first-order valence-corrected chi connectivity index (χ1v) is 21.6. The van der Waals surface area contributed by atoms with Gasteiger partial charge < -0.3 is 19.9 Å². The molecule has 46 heavy (non-hydrogen) atoms. The van der Waals surface area contributed by atoms with Crippen LogP contribution < -0.4 is 10.2 Å². The van der Waals surface area contributed by atoms with Gasteiger partial charge in [-0.15, -0.1) is 0 Å². The van der Waals surface area contributed by atoms with Crippen LogP contribution in [0.2, 0.25) is 0 Å². The van der Waals surface area contributed by atoms with Crippen molar-refractivity contribution in [3.05, 3.63) is 18.5 Å². The molecule has 2 saturated heterocycles. The lowest BCUT2D eigenvalue weighted by molar-refractivity contribution is 0.0217. The molecule has 2 aliphatic heterocycles. The van der Waals surface area contributed by atoms with Crippen LogP contribution in [0.5, 0.6) is 0 Å². The van der Waals surface area contributed by atoms with Crippen LogP contribution in [0.15, 0.2) is 18.5 Å². The number of nitrogens with zero attached hydrogens (tertiary/aromatic N) is 8. The lowest BCUT2D eigenvalue weighted by atomic mass is 10.1. The minimum absolute atomic E-state index is 0.176. The average Bonchev–Trinajstić information content (AvgIpc) is 3.98. The fourth-order valence-corrected chi connectivity index (χ4v) is 7.51. The Hall–Kier alpha value is -1.45. The van der Waals surface area contributed by atoms with E-state index in [9.17, 15) is 13.6 Å². The first kappa shape index (κ1) is 33.1. The van der Waals surface area contributed by atoms with Crippen molar-refractivity contribution in [3.63, 3.8) is 0 Å². The SMILES string of the molecule is O=C(Nc1cn(PI)nc1-c1cc2c(cn1)c(N1CC(OC3CC3)C1)nn2CC1(F)CC1)N1CCN(CC(F)F)CC12CC2.PS. The lowest BCUT2D eigenvalue weighted by Gasteiger charge is -2.41. The van der Waals surface area contributed by atoms with Crippen molar-refractivity contribution >= 4 is 77.5 Å². The molecule has 11 nitrogen and oxygen atoms in total. The number of carbonyl (C=O) groups excluding carboxylic acids is 1. The summed E-state index contributed by atoms with van der Waals surface area (Å²) in [6.45, 7) is 2.66. The van der Waals surface area contributed by atoms with E-state index >= 15 is 4.39 Å². The fourth-order valence-electron chi connectivity index (χ4n) is 6.45. The van der Waals surface area contributed by atoms with Gasteiger partial charge in [0.1, 0.15) is 11.4 Å². The fraction of sp³-hybridized carbons (Fsp3) is 0.643.